The summed E-state index contributed by atoms with van der Waals surface area (Å²) < 4.78 is 0. The van der Waals surface area contributed by atoms with E-state index in [9.17, 15) is 4.79 Å². The predicted octanol–water partition coefficient (Wildman–Crippen LogP) is 4.50. The minimum atomic E-state index is -0.0389. The highest BCUT2D eigenvalue weighted by molar-refractivity contribution is 5.75. The third-order valence-electron chi connectivity index (χ3n) is 5.44. The van der Waals surface area contributed by atoms with Gasteiger partial charge in [-0.3, -0.25) is 5.43 Å². The number of rotatable bonds is 7. The van der Waals surface area contributed by atoms with Gasteiger partial charge in [0.05, 0.1) is 0 Å². The van der Waals surface area contributed by atoms with Crippen LogP contribution in [-0.2, 0) is 13.1 Å². The van der Waals surface area contributed by atoms with Crippen molar-refractivity contribution in [2.45, 2.75) is 26.9 Å². The van der Waals surface area contributed by atoms with Gasteiger partial charge in [-0.05, 0) is 60.4 Å². The van der Waals surface area contributed by atoms with E-state index in [1.807, 2.05) is 50.2 Å². The van der Waals surface area contributed by atoms with Gasteiger partial charge in [0, 0.05) is 50.0 Å². The number of urea groups is 1. The van der Waals surface area contributed by atoms with E-state index in [0.29, 0.717) is 31.3 Å². The van der Waals surface area contributed by atoms with Crippen molar-refractivity contribution >= 4 is 29.8 Å². The van der Waals surface area contributed by atoms with Gasteiger partial charge in [-0.1, -0.05) is 24.3 Å². The molecule has 2 heterocycles. The molecule has 0 aliphatic carbocycles. The number of anilines is 2. The Kier molecular flexibility index (Phi) is 6.64. The first-order valence-corrected chi connectivity index (χ1v) is 10.8. The SMILES string of the molecule is C=NN/C=C(\C)c1ccc(Nc2ccnc(-c3ccc4c(c3)CN(C(=O)NCC)C4)n2)cc1. The fourth-order valence-corrected chi connectivity index (χ4v) is 3.70. The molecule has 2 amide bonds. The Balaban J connectivity index is 1.48. The maximum Gasteiger partial charge on any atom is 0.317 e. The molecule has 0 fully saturated rings. The van der Waals surface area contributed by atoms with E-state index in [4.69, 9.17) is 0 Å². The first kappa shape index (κ1) is 22.0. The minimum absolute atomic E-state index is 0.0389. The molecule has 0 unspecified atom stereocenters. The zero-order valence-electron chi connectivity index (χ0n) is 18.8. The summed E-state index contributed by atoms with van der Waals surface area (Å²) in [6.45, 7) is 9.16. The molecule has 0 atom stereocenters. The van der Waals surface area contributed by atoms with Crippen LogP contribution in [0.1, 0.15) is 30.5 Å². The van der Waals surface area contributed by atoms with Gasteiger partial charge in [-0.25, -0.2) is 14.8 Å². The second kappa shape index (κ2) is 9.95. The van der Waals surface area contributed by atoms with Crippen molar-refractivity contribution in [2.24, 2.45) is 5.10 Å². The number of amides is 2. The van der Waals surface area contributed by atoms with Crippen LogP contribution in [0.25, 0.3) is 17.0 Å². The second-order valence-electron chi connectivity index (χ2n) is 7.76. The van der Waals surface area contributed by atoms with Gasteiger partial charge in [-0.15, -0.1) is 0 Å². The van der Waals surface area contributed by atoms with E-state index < -0.39 is 0 Å². The van der Waals surface area contributed by atoms with Gasteiger partial charge in [0.15, 0.2) is 5.82 Å². The third kappa shape index (κ3) is 5.17. The lowest BCUT2D eigenvalue weighted by atomic mass is 10.1. The van der Waals surface area contributed by atoms with Crippen molar-refractivity contribution in [3.63, 3.8) is 0 Å². The van der Waals surface area contributed by atoms with E-state index >= 15 is 0 Å². The van der Waals surface area contributed by atoms with Gasteiger partial charge in [-0.2, -0.15) is 5.10 Å². The zero-order chi connectivity index (χ0) is 23.2. The van der Waals surface area contributed by atoms with Crippen molar-refractivity contribution in [2.75, 3.05) is 11.9 Å². The number of hydrogen-bond acceptors (Lipinski definition) is 6. The molecular weight excluding hydrogens is 414 g/mol. The van der Waals surface area contributed by atoms with Gasteiger partial charge < -0.3 is 15.5 Å². The van der Waals surface area contributed by atoms with E-state index in [1.54, 1.807) is 17.3 Å². The highest BCUT2D eigenvalue weighted by Crippen LogP contribution is 2.28. The fourth-order valence-electron chi connectivity index (χ4n) is 3.70. The van der Waals surface area contributed by atoms with Crippen molar-refractivity contribution in [3.8, 4) is 11.4 Å². The number of carbonyl (C=O) groups excluding carboxylic acids is 1. The van der Waals surface area contributed by atoms with Crippen LogP contribution in [-0.4, -0.2) is 34.2 Å². The molecule has 3 aromatic rings. The molecule has 0 saturated carbocycles. The van der Waals surface area contributed by atoms with Gasteiger partial charge in [0.2, 0.25) is 0 Å². The smallest absolute Gasteiger partial charge is 0.317 e. The van der Waals surface area contributed by atoms with Crippen molar-refractivity contribution < 1.29 is 4.79 Å². The predicted molar refractivity (Wildman–Crippen MR) is 132 cm³/mol. The molecule has 1 aliphatic rings. The molecule has 1 aliphatic heterocycles. The maximum atomic E-state index is 12.2. The number of nitrogens with zero attached hydrogens (tertiary/aromatic N) is 4. The number of hydrogen-bond donors (Lipinski definition) is 3. The number of aromatic nitrogens is 2. The lowest BCUT2D eigenvalue weighted by molar-refractivity contribution is 0.199. The summed E-state index contributed by atoms with van der Waals surface area (Å²) in [6, 6.07) is 16.0. The molecule has 0 bridgehead atoms. The Labute approximate surface area is 193 Å². The zero-order valence-corrected chi connectivity index (χ0v) is 18.8. The second-order valence-corrected chi connectivity index (χ2v) is 7.76. The van der Waals surface area contributed by atoms with E-state index in [1.165, 1.54) is 0 Å². The summed E-state index contributed by atoms with van der Waals surface area (Å²) in [5.41, 5.74) is 9.02. The van der Waals surface area contributed by atoms with Crippen LogP contribution in [0.15, 0.2) is 66.0 Å². The minimum Gasteiger partial charge on any atom is -0.340 e. The molecule has 4 rings (SSSR count). The van der Waals surface area contributed by atoms with E-state index in [-0.39, 0.29) is 6.03 Å². The summed E-state index contributed by atoms with van der Waals surface area (Å²) in [6.07, 6.45) is 3.55. The average Bonchev–Trinajstić information content (AvgIpc) is 3.27. The number of hydrazone groups is 1. The molecule has 33 heavy (non-hydrogen) atoms. The van der Waals surface area contributed by atoms with Gasteiger partial charge in [0.25, 0.3) is 0 Å². The van der Waals surface area contributed by atoms with Crippen LogP contribution >= 0.6 is 0 Å². The molecule has 0 saturated heterocycles. The summed E-state index contributed by atoms with van der Waals surface area (Å²) in [5, 5.41) is 9.82. The molecule has 1 aromatic heterocycles. The standard InChI is InChI=1S/C25H27N7O/c1-4-27-25(33)32-15-20-6-5-19(13-21(20)16-32)24-28-12-11-23(31-24)30-22-9-7-18(8-10-22)17(2)14-29-26-3/h5-14,29H,3-4,15-16H2,1-2H3,(H,27,33)(H,28,30,31)/b17-14+. The van der Waals surface area contributed by atoms with E-state index in [0.717, 1.165) is 33.5 Å². The lowest BCUT2D eigenvalue weighted by Gasteiger charge is -2.15. The van der Waals surface area contributed by atoms with E-state index in [2.05, 4.69) is 50.0 Å². The maximum absolute atomic E-state index is 12.2. The fraction of sp³-hybridized carbons (Fsp3) is 0.200. The summed E-state index contributed by atoms with van der Waals surface area (Å²) in [4.78, 5) is 23.1. The van der Waals surface area contributed by atoms with Crippen molar-refractivity contribution in [1.82, 2.24) is 25.6 Å². The molecule has 8 nitrogen and oxygen atoms in total. The highest BCUT2D eigenvalue weighted by Gasteiger charge is 2.23. The highest BCUT2D eigenvalue weighted by atomic mass is 16.2. The van der Waals surface area contributed by atoms with Crippen LogP contribution in [0, 0.1) is 0 Å². The molecule has 0 spiro atoms. The molecule has 3 N–H and O–H groups in total. The van der Waals surface area contributed by atoms with Gasteiger partial charge in [0.1, 0.15) is 5.82 Å². The average molecular weight is 442 g/mol. The van der Waals surface area contributed by atoms with Crippen LogP contribution in [0.3, 0.4) is 0 Å². The van der Waals surface area contributed by atoms with Crippen molar-refractivity contribution in [3.05, 3.63) is 77.6 Å². The Bertz CT molecular complexity index is 1190. The molecule has 8 heteroatoms. The van der Waals surface area contributed by atoms with Crippen LogP contribution in [0.4, 0.5) is 16.3 Å². The first-order chi connectivity index (χ1) is 16.1. The number of fused-ring (bicyclic) bond motifs is 1. The topological polar surface area (TPSA) is 94.5 Å². The lowest BCUT2D eigenvalue weighted by Crippen LogP contribution is -2.36. The van der Waals surface area contributed by atoms with Crippen LogP contribution in [0.2, 0.25) is 0 Å². The van der Waals surface area contributed by atoms with Gasteiger partial charge >= 0.3 is 6.03 Å². The largest absolute Gasteiger partial charge is 0.340 e. The van der Waals surface area contributed by atoms with Crippen LogP contribution in [0.5, 0.6) is 0 Å². The summed E-state index contributed by atoms with van der Waals surface area (Å²) in [7, 11) is 0. The Morgan fingerprint density at radius 1 is 1.15 bits per heavy atom. The quantitative estimate of drug-likeness (QED) is 0.371. The number of benzene rings is 2. The van der Waals surface area contributed by atoms with Crippen LogP contribution < -0.4 is 16.1 Å². The Hall–Kier alpha value is -4.20. The summed E-state index contributed by atoms with van der Waals surface area (Å²) in [5.74, 6) is 1.35. The monoisotopic (exact) mass is 441 g/mol. The number of carbonyl (C=O) groups is 1. The molecule has 168 valence electrons. The number of nitrogens with one attached hydrogen (secondary N) is 3. The normalized spacial score (nSPS) is 12.8. The number of allylic oxidation sites excluding steroid dienone is 1. The molecule has 0 radical (unpaired) electrons. The van der Waals surface area contributed by atoms with Crippen molar-refractivity contribution in [1.29, 1.82) is 0 Å². The molecule has 2 aromatic carbocycles. The third-order valence-corrected chi connectivity index (χ3v) is 5.44. The Morgan fingerprint density at radius 2 is 1.94 bits per heavy atom. The summed E-state index contributed by atoms with van der Waals surface area (Å²) >= 11 is 0. The molecular formula is C25H27N7O. The first-order valence-electron chi connectivity index (χ1n) is 10.8. The Morgan fingerprint density at radius 3 is 2.70 bits per heavy atom.